The minimum atomic E-state index is -0.308. The number of rotatable bonds is 2. The number of hydrogen-bond acceptors (Lipinski definition) is 2. The van der Waals surface area contributed by atoms with Crippen LogP contribution in [-0.2, 0) is 6.42 Å². The Morgan fingerprint density at radius 3 is 3.00 bits per heavy atom. The standard InChI is InChI=1S/C11H12FNO2/c12-9-1-2-10-8(7-9)3-4-13(5-6-14)11(10)15/h1-2,7,14H,3-6H2. The molecule has 0 atom stereocenters. The molecule has 0 saturated heterocycles. The molecule has 4 heteroatoms. The molecule has 2 rings (SSSR count). The summed E-state index contributed by atoms with van der Waals surface area (Å²) in [5, 5.41) is 8.77. The van der Waals surface area contributed by atoms with Crippen molar-refractivity contribution in [2.24, 2.45) is 0 Å². The summed E-state index contributed by atoms with van der Waals surface area (Å²) in [4.78, 5) is 13.4. The van der Waals surface area contributed by atoms with Crippen LogP contribution in [0.2, 0.25) is 0 Å². The Bertz CT molecular complexity index is 392. The zero-order chi connectivity index (χ0) is 10.8. The Labute approximate surface area is 87.1 Å². The Hall–Kier alpha value is -1.42. The van der Waals surface area contributed by atoms with E-state index >= 15 is 0 Å². The first-order valence-corrected chi connectivity index (χ1v) is 4.91. The van der Waals surface area contributed by atoms with E-state index in [0.717, 1.165) is 5.56 Å². The molecule has 0 aliphatic carbocycles. The molecule has 0 radical (unpaired) electrons. The first-order valence-electron chi connectivity index (χ1n) is 4.91. The fourth-order valence-electron chi connectivity index (χ4n) is 1.84. The van der Waals surface area contributed by atoms with Gasteiger partial charge in [0.25, 0.3) is 5.91 Å². The summed E-state index contributed by atoms with van der Waals surface area (Å²) in [6, 6.07) is 4.21. The van der Waals surface area contributed by atoms with Crippen LogP contribution in [0.25, 0.3) is 0 Å². The van der Waals surface area contributed by atoms with Gasteiger partial charge in [-0.25, -0.2) is 4.39 Å². The fraction of sp³-hybridized carbons (Fsp3) is 0.364. The summed E-state index contributed by atoms with van der Waals surface area (Å²) in [6.45, 7) is 0.855. The molecule has 1 aliphatic rings. The molecule has 3 nitrogen and oxygen atoms in total. The number of fused-ring (bicyclic) bond motifs is 1. The SMILES string of the molecule is O=C1c2ccc(F)cc2CCN1CCO. The molecule has 1 amide bonds. The van der Waals surface area contributed by atoms with Crippen molar-refractivity contribution in [2.45, 2.75) is 6.42 Å². The van der Waals surface area contributed by atoms with Crippen LogP contribution in [0.5, 0.6) is 0 Å². The van der Waals surface area contributed by atoms with Crippen LogP contribution in [-0.4, -0.2) is 35.6 Å². The maximum absolute atomic E-state index is 12.9. The first kappa shape index (κ1) is 10.1. The average molecular weight is 209 g/mol. The van der Waals surface area contributed by atoms with E-state index in [1.54, 1.807) is 4.90 Å². The van der Waals surface area contributed by atoms with Gasteiger partial charge in [0.1, 0.15) is 5.82 Å². The maximum atomic E-state index is 12.9. The summed E-state index contributed by atoms with van der Waals surface area (Å²) < 4.78 is 12.9. The number of aliphatic hydroxyl groups is 1. The van der Waals surface area contributed by atoms with Gasteiger partial charge in [0, 0.05) is 18.7 Å². The number of nitrogens with zero attached hydrogens (tertiary/aromatic N) is 1. The summed E-state index contributed by atoms with van der Waals surface area (Å²) in [6.07, 6.45) is 0.652. The number of hydrogen-bond donors (Lipinski definition) is 1. The molecular weight excluding hydrogens is 197 g/mol. The van der Waals surface area contributed by atoms with Crippen molar-refractivity contribution in [3.05, 3.63) is 35.1 Å². The van der Waals surface area contributed by atoms with Gasteiger partial charge in [0.15, 0.2) is 0 Å². The van der Waals surface area contributed by atoms with Gasteiger partial charge < -0.3 is 10.0 Å². The van der Waals surface area contributed by atoms with Crippen LogP contribution in [0.1, 0.15) is 15.9 Å². The summed E-state index contributed by atoms with van der Waals surface area (Å²) in [5.74, 6) is -0.428. The summed E-state index contributed by atoms with van der Waals surface area (Å²) >= 11 is 0. The van der Waals surface area contributed by atoms with E-state index in [-0.39, 0.29) is 18.3 Å². The molecule has 0 fully saturated rings. The highest BCUT2D eigenvalue weighted by Crippen LogP contribution is 2.19. The molecule has 1 aliphatic heterocycles. The lowest BCUT2D eigenvalue weighted by Gasteiger charge is -2.27. The normalized spacial score (nSPS) is 15.3. The van der Waals surface area contributed by atoms with E-state index in [4.69, 9.17) is 5.11 Å². The number of carbonyl (C=O) groups excluding carboxylic acids is 1. The van der Waals surface area contributed by atoms with Crippen molar-refractivity contribution in [3.8, 4) is 0 Å². The van der Waals surface area contributed by atoms with E-state index < -0.39 is 0 Å². The lowest BCUT2D eigenvalue weighted by molar-refractivity contribution is 0.0705. The molecule has 1 N–H and O–H groups in total. The second kappa shape index (κ2) is 3.98. The Balaban J connectivity index is 2.30. The Morgan fingerprint density at radius 2 is 2.27 bits per heavy atom. The highest BCUT2D eigenvalue weighted by molar-refractivity contribution is 5.96. The Morgan fingerprint density at radius 1 is 1.47 bits per heavy atom. The van der Waals surface area contributed by atoms with E-state index in [9.17, 15) is 9.18 Å². The minimum absolute atomic E-state index is 0.0394. The fourth-order valence-corrected chi connectivity index (χ4v) is 1.84. The van der Waals surface area contributed by atoms with Gasteiger partial charge in [0.05, 0.1) is 6.61 Å². The topological polar surface area (TPSA) is 40.5 Å². The van der Waals surface area contributed by atoms with Crippen LogP contribution in [0.15, 0.2) is 18.2 Å². The Kier molecular flexibility index (Phi) is 2.68. The molecule has 0 unspecified atom stereocenters. The number of benzene rings is 1. The van der Waals surface area contributed by atoms with E-state index in [2.05, 4.69) is 0 Å². The van der Waals surface area contributed by atoms with Crippen LogP contribution < -0.4 is 0 Å². The zero-order valence-corrected chi connectivity index (χ0v) is 8.24. The van der Waals surface area contributed by atoms with Crippen LogP contribution in [0.4, 0.5) is 4.39 Å². The van der Waals surface area contributed by atoms with Gasteiger partial charge >= 0.3 is 0 Å². The lowest BCUT2D eigenvalue weighted by Crippen LogP contribution is -2.39. The third kappa shape index (κ3) is 1.85. The predicted octanol–water partition coefficient (Wildman–Crippen LogP) is 0.816. The number of amides is 1. The maximum Gasteiger partial charge on any atom is 0.254 e. The largest absolute Gasteiger partial charge is 0.395 e. The third-order valence-corrected chi connectivity index (χ3v) is 2.61. The van der Waals surface area contributed by atoms with Crippen molar-refractivity contribution in [1.29, 1.82) is 0 Å². The van der Waals surface area contributed by atoms with Crippen molar-refractivity contribution >= 4 is 5.91 Å². The average Bonchev–Trinajstić information content (AvgIpc) is 2.22. The van der Waals surface area contributed by atoms with Gasteiger partial charge in [-0.15, -0.1) is 0 Å². The summed E-state index contributed by atoms with van der Waals surface area (Å²) in [5.41, 5.74) is 1.31. The van der Waals surface area contributed by atoms with Crippen molar-refractivity contribution in [3.63, 3.8) is 0 Å². The molecule has 1 aromatic rings. The molecule has 80 valence electrons. The van der Waals surface area contributed by atoms with Gasteiger partial charge in [-0.1, -0.05) is 0 Å². The van der Waals surface area contributed by atoms with Gasteiger partial charge in [-0.05, 0) is 30.2 Å². The van der Waals surface area contributed by atoms with Gasteiger partial charge in [-0.3, -0.25) is 4.79 Å². The number of carbonyl (C=O) groups is 1. The molecule has 0 spiro atoms. The predicted molar refractivity (Wildman–Crippen MR) is 53.1 cm³/mol. The van der Waals surface area contributed by atoms with Gasteiger partial charge in [-0.2, -0.15) is 0 Å². The van der Waals surface area contributed by atoms with E-state index in [1.807, 2.05) is 0 Å². The second-order valence-corrected chi connectivity index (χ2v) is 3.57. The first-order chi connectivity index (χ1) is 7.22. The van der Waals surface area contributed by atoms with Crippen molar-refractivity contribution in [1.82, 2.24) is 4.90 Å². The minimum Gasteiger partial charge on any atom is -0.395 e. The number of halogens is 1. The van der Waals surface area contributed by atoms with Crippen LogP contribution >= 0.6 is 0 Å². The summed E-state index contributed by atoms with van der Waals surface area (Å²) in [7, 11) is 0. The van der Waals surface area contributed by atoms with Crippen LogP contribution in [0, 0.1) is 5.82 Å². The molecule has 0 saturated carbocycles. The smallest absolute Gasteiger partial charge is 0.254 e. The number of β-amino-alcohol motifs (C(OH)–C–C–N with tert-alkyl or cyclic N) is 1. The molecule has 1 heterocycles. The number of aliphatic hydroxyl groups excluding tert-OH is 1. The van der Waals surface area contributed by atoms with Crippen molar-refractivity contribution < 1.29 is 14.3 Å². The molecular formula is C11H12FNO2. The highest BCUT2D eigenvalue weighted by Gasteiger charge is 2.23. The molecule has 0 bridgehead atoms. The highest BCUT2D eigenvalue weighted by atomic mass is 19.1. The molecule has 0 aromatic heterocycles. The quantitative estimate of drug-likeness (QED) is 0.783. The molecule has 1 aromatic carbocycles. The van der Waals surface area contributed by atoms with Gasteiger partial charge in [0.2, 0.25) is 0 Å². The lowest BCUT2D eigenvalue weighted by atomic mass is 9.99. The van der Waals surface area contributed by atoms with E-state index in [1.165, 1.54) is 18.2 Å². The third-order valence-electron chi connectivity index (χ3n) is 2.61. The zero-order valence-electron chi connectivity index (χ0n) is 8.24. The van der Waals surface area contributed by atoms with Crippen molar-refractivity contribution in [2.75, 3.05) is 19.7 Å². The monoisotopic (exact) mass is 209 g/mol. The molecule has 15 heavy (non-hydrogen) atoms. The van der Waals surface area contributed by atoms with E-state index in [0.29, 0.717) is 25.1 Å². The second-order valence-electron chi connectivity index (χ2n) is 3.57. The van der Waals surface area contributed by atoms with Crippen LogP contribution in [0.3, 0.4) is 0 Å².